The molecule has 65 heavy (non-hydrogen) atoms. The number of carbonyl (C=O) groups is 4. The van der Waals surface area contributed by atoms with Crippen molar-refractivity contribution in [3.8, 4) is 16.6 Å². The van der Waals surface area contributed by atoms with Gasteiger partial charge in [0.1, 0.15) is 39.9 Å². The maximum atomic E-state index is 14.7. The summed E-state index contributed by atoms with van der Waals surface area (Å²) in [6.07, 6.45) is 5.50. The molecule has 4 heterocycles. The van der Waals surface area contributed by atoms with Gasteiger partial charge < -0.3 is 25.0 Å². The minimum atomic E-state index is -4.22. The Labute approximate surface area is 381 Å². The van der Waals surface area contributed by atoms with Gasteiger partial charge in [-0.1, -0.05) is 37.1 Å². The number of nitrogens with zero attached hydrogens (tertiary/aromatic N) is 5. The van der Waals surface area contributed by atoms with Crippen LogP contribution in [0.5, 0.6) is 6.01 Å². The zero-order valence-electron chi connectivity index (χ0n) is 37.5. The van der Waals surface area contributed by atoms with Crippen LogP contribution in [0.4, 0.5) is 13.6 Å². The molecule has 4 amide bonds. The predicted molar refractivity (Wildman–Crippen MR) is 240 cm³/mol. The first-order valence-electron chi connectivity index (χ1n) is 21.8. The van der Waals surface area contributed by atoms with Crippen LogP contribution in [0.3, 0.4) is 0 Å². The molecule has 3 aliphatic rings. The standard InChI is InChI=1S/C45H56F2N8O8S2/c1-26(2)55-35-17-13-15-31(39-48-29(25-64-39)20-27-18-19-32(46)33(47)21-27)37(35)50-42(55)62-30-22-36-38(56)51-45(41(58)52-65(60,61)53(6)7)23-28(45)14-11-9-8-10-12-16-34(40(57)54(36)24-30)49-43(59)63-44(3,4)5/h11,13-15,17-19,21,25-26,28,30,34,36H,8-10,12,16,20,22-24H2,1-7H3,(H,49,59)(H,51,56)(H,52,58)/t28-,30-,34+,36+,45-/m1/s1. The van der Waals surface area contributed by atoms with Crippen LogP contribution in [0, 0.1) is 17.6 Å². The summed E-state index contributed by atoms with van der Waals surface area (Å²) in [5.74, 6) is -4.49. The number of amides is 4. The van der Waals surface area contributed by atoms with Crippen LogP contribution in [0.2, 0.25) is 0 Å². The number of allylic oxidation sites excluding steroid dienone is 1. The molecule has 7 rings (SSSR count). The zero-order valence-corrected chi connectivity index (χ0v) is 39.2. The van der Waals surface area contributed by atoms with Gasteiger partial charge in [-0.05, 0) is 90.1 Å². The predicted octanol–water partition coefficient (Wildman–Crippen LogP) is 6.17. The second-order valence-corrected chi connectivity index (χ2v) is 21.1. The van der Waals surface area contributed by atoms with E-state index < -0.39 is 80.9 Å². The van der Waals surface area contributed by atoms with Crippen LogP contribution in [0.15, 0.2) is 53.9 Å². The highest BCUT2D eigenvalue weighted by molar-refractivity contribution is 7.87. The van der Waals surface area contributed by atoms with Crippen LogP contribution in [-0.4, -0.2) is 106 Å². The lowest BCUT2D eigenvalue weighted by molar-refractivity contribution is -0.141. The number of nitrogens with one attached hydrogen (secondary N) is 3. The first-order valence-corrected chi connectivity index (χ1v) is 24.1. The van der Waals surface area contributed by atoms with E-state index >= 15 is 0 Å². The van der Waals surface area contributed by atoms with E-state index in [4.69, 9.17) is 19.4 Å². The van der Waals surface area contributed by atoms with Crippen molar-refractivity contribution in [1.82, 2.24) is 39.1 Å². The third kappa shape index (κ3) is 10.6. The Kier molecular flexibility index (Phi) is 13.7. The molecule has 0 unspecified atom stereocenters. The number of para-hydroxylation sites is 1. The number of benzene rings is 2. The van der Waals surface area contributed by atoms with E-state index in [1.807, 2.05) is 54.1 Å². The van der Waals surface area contributed by atoms with E-state index in [2.05, 4.69) is 15.4 Å². The van der Waals surface area contributed by atoms with Crippen LogP contribution >= 0.6 is 11.3 Å². The van der Waals surface area contributed by atoms with E-state index in [0.29, 0.717) is 40.2 Å². The summed E-state index contributed by atoms with van der Waals surface area (Å²) < 4.78 is 70.3. The summed E-state index contributed by atoms with van der Waals surface area (Å²) >= 11 is 1.38. The topological polar surface area (TPSA) is 194 Å². The molecule has 350 valence electrons. The first-order chi connectivity index (χ1) is 30.7. The highest BCUT2D eigenvalue weighted by Gasteiger charge is 2.62. The third-order valence-corrected chi connectivity index (χ3v) is 14.0. The molecule has 1 saturated heterocycles. The van der Waals surface area contributed by atoms with Gasteiger partial charge in [0.25, 0.3) is 11.9 Å². The Balaban J connectivity index is 1.21. The van der Waals surface area contributed by atoms with Crippen molar-refractivity contribution < 1.29 is 45.9 Å². The number of ether oxygens (including phenoxy) is 2. The van der Waals surface area contributed by atoms with Gasteiger partial charge in [-0.2, -0.15) is 17.7 Å². The average Bonchev–Trinajstić information content (AvgIpc) is 3.53. The minimum Gasteiger partial charge on any atom is -0.459 e. The minimum absolute atomic E-state index is 0.0289. The van der Waals surface area contributed by atoms with Crippen molar-refractivity contribution >= 4 is 56.4 Å². The van der Waals surface area contributed by atoms with Crippen LogP contribution in [0.25, 0.3) is 21.6 Å². The van der Waals surface area contributed by atoms with Crippen molar-refractivity contribution in [3.63, 3.8) is 0 Å². The molecule has 0 bridgehead atoms. The molecule has 2 aromatic heterocycles. The molecule has 0 spiro atoms. The molecule has 3 N–H and O–H groups in total. The van der Waals surface area contributed by atoms with Gasteiger partial charge in [0.05, 0.1) is 17.8 Å². The Morgan fingerprint density at radius 2 is 1.85 bits per heavy atom. The van der Waals surface area contributed by atoms with Gasteiger partial charge in [-0.3, -0.25) is 19.0 Å². The van der Waals surface area contributed by atoms with Crippen molar-refractivity contribution in [2.45, 2.75) is 121 Å². The maximum Gasteiger partial charge on any atom is 0.408 e. The Morgan fingerprint density at radius 3 is 2.55 bits per heavy atom. The fraction of sp³-hybridized carbons (Fsp3) is 0.511. The van der Waals surface area contributed by atoms with Crippen molar-refractivity contribution in [2.75, 3.05) is 20.6 Å². The lowest BCUT2D eigenvalue weighted by atomic mass is 10.0. The summed E-state index contributed by atoms with van der Waals surface area (Å²) in [5, 5.41) is 8.10. The van der Waals surface area contributed by atoms with Crippen molar-refractivity contribution in [2.24, 2.45) is 5.92 Å². The SMILES string of the molecule is CC(C)n1c(O[C@@H]2C[C@H]3C(=O)N[C@]4(C(=O)NS(=O)(=O)N(C)C)C[C@H]4C=CCCCCC[C@H](NC(=O)OC(C)(C)C)C(=O)N3C2)nc2c(-c3nc(Cc4ccc(F)c(F)c4)cs3)cccc21. The lowest BCUT2D eigenvalue weighted by Gasteiger charge is -2.30. The van der Waals surface area contributed by atoms with Crippen LogP contribution in [0.1, 0.15) is 96.9 Å². The molecule has 5 atom stereocenters. The molecule has 2 aromatic carbocycles. The smallest absolute Gasteiger partial charge is 0.408 e. The van der Waals surface area contributed by atoms with E-state index in [1.165, 1.54) is 36.4 Å². The number of hydrogen-bond acceptors (Lipinski definition) is 11. The number of carbonyl (C=O) groups excluding carboxylic acids is 4. The molecule has 2 fully saturated rings. The highest BCUT2D eigenvalue weighted by atomic mass is 32.2. The number of alkyl carbamates (subject to hydrolysis) is 1. The summed E-state index contributed by atoms with van der Waals surface area (Å²) in [5.41, 5.74) is 0.815. The Hall–Kier alpha value is -5.47. The van der Waals surface area contributed by atoms with E-state index in [-0.39, 0.29) is 44.3 Å². The van der Waals surface area contributed by atoms with Gasteiger partial charge in [0.15, 0.2) is 11.6 Å². The van der Waals surface area contributed by atoms with Gasteiger partial charge in [0.2, 0.25) is 11.8 Å². The number of hydrogen-bond donors (Lipinski definition) is 3. The summed E-state index contributed by atoms with van der Waals surface area (Å²) in [4.78, 5) is 67.4. The molecular weight excluding hydrogens is 883 g/mol. The highest BCUT2D eigenvalue weighted by Crippen LogP contribution is 2.46. The Bertz CT molecular complexity index is 2610. The van der Waals surface area contributed by atoms with E-state index in [0.717, 1.165) is 34.8 Å². The number of aromatic nitrogens is 3. The average molecular weight is 939 g/mol. The summed E-state index contributed by atoms with van der Waals surface area (Å²) in [7, 11) is -1.66. The normalized spacial score (nSPS) is 23.1. The first kappa shape index (κ1) is 47.5. The van der Waals surface area contributed by atoms with Gasteiger partial charge in [-0.15, -0.1) is 11.3 Å². The molecule has 0 radical (unpaired) electrons. The monoisotopic (exact) mass is 938 g/mol. The van der Waals surface area contributed by atoms with Gasteiger partial charge in [0, 0.05) is 49.8 Å². The van der Waals surface area contributed by atoms with Gasteiger partial charge >= 0.3 is 16.3 Å². The number of halogens is 2. The van der Waals surface area contributed by atoms with Crippen molar-refractivity contribution in [1.29, 1.82) is 0 Å². The fourth-order valence-electron chi connectivity index (χ4n) is 8.28. The third-order valence-electron chi connectivity index (χ3n) is 11.7. The largest absolute Gasteiger partial charge is 0.459 e. The second-order valence-electron chi connectivity index (χ2n) is 18.3. The van der Waals surface area contributed by atoms with Crippen LogP contribution in [-0.2, 0) is 35.8 Å². The van der Waals surface area contributed by atoms with Crippen molar-refractivity contribution in [3.05, 3.63) is 76.8 Å². The lowest BCUT2D eigenvalue weighted by Crippen LogP contribution is -2.58. The number of imidazole rings is 1. The molecule has 1 saturated carbocycles. The second kappa shape index (κ2) is 18.8. The molecule has 1 aliphatic carbocycles. The fourth-order valence-corrected chi connectivity index (χ4v) is 9.73. The Morgan fingerprint density at radius 1 is 1.08 bits per heavy atom. The maximum absolute atomic E-state index is 14.7. The van der Waals surface area contributed by atoms with Gasteiger partial charge in [-0.25, -0.2) is 23.3 Å². The summed E-state index contributed by atoms with van der Waals surface area (Å²) in [6.45, 7) is 8.98. The number of thiazole rings is 1. The molecule has 16 nitrogen and oxygen atoms in total. The summed E-state index contributed by atoms with van der Waals surface area (Å²) in [6, 6.07) is 7.21. The van der Waals surface area contributed by atoms with Crippen LogP contribution < -0.4 is 20.1 Å². The molecular formula is C45H56F2N8O8S2. The molecule has 2 aliphatic heterocycles. The number of fused-ring (bicyclic) bond motifs is 3. The van der Waals surface area contributed by atoms with E-state index in [9.17, 15) is 36.4 Å². The molecule has 20 heteroatoms. The number of rotatable bonds is 10. The quantitative estimate of drug-likeness (QED) is 0.155. The molecule has 4 aromatic rings. The van der Waals surface area contributed by atoms with E-state index in [1.54, 1.807) is 20.8 Å². The zero-order chi connectivity index (χ0) is 47.0.